The van der Waals surface area contributed by atoms with Crippen molar-refractivity contribution in [3.63, 3.8) is 0 Å². The van der Waals surface area contributed by atoms with Gasteiger partial charge in [-0.1, -0.05) is 43.3 Å². The Bertz CT molecular complexity index is 723. The van der Waals surface area contributed by atoms with E-state index < -0.39 is 0 Å². The maximum atomic E-state index is 12.1. The van der Waals surface area contributed by atoms with Crippen molar-refractivity contribution in [2.24, 2.45) is 0 Å². The van der Waals surface area contributed by atoms with Gasteiger partial charge in [-0.15, -0.1) is 0 Å². The first-order valence-electron chi connectivity index (χ1n) is 9.07. The normalized spacial score (nSPS) is 18.0. The Balaban J connectivity index is 1.45. The molecule has 3 rings (SSSR count). The van der Waals surface area contributed by atoms with E-state index in [0.717, 1.165) is 25.4 Å². The summed E-state index contributed by atoms with van der Waals surface area (Å²) < 4.78 is 5.18. The second kappa shape index (κ2) is 7.83. The molecule has 0 radical (unpaired) electrons. The molecule has 1 amide bonds. The summed E-state index contributed by atoms with van der Waals surface area (Å²) in [6.45, 7) is 9.84. The lowest BCUT2D eigenvalue weighted by atomic mass is 9.94. The quantitative estimate of drug-likeness (QED) is 0.875. The maximum Gasteiger partial charge on any atom is 0.273 e. The monoisotopic (exact) mass is 341 g/mol. The molecule has 1 N–H and O–H groups in total. The third-order valence-electron chi connectivity index (χ3n) is 4.94. The van der Waals surface area contributed by atoms with Gasteiger partial charge in [-0.05, 0) is 36.9 Å². The highest BCUT2D eigenvalue weighted by Crippen LogP contribution is 2.28. The van der Waals surface area contributed by atoms with Gasteiger partial charge in [-0.3, -0.25) is 4.79 Å². The number of hydrogen-bond donors (Lipinski definition) is 1. The van der Waals surface area contributed by atoms with E-state index in [1.807, 2.05) is 13.8 Å². The molecule has 1 aliphatic heterocycles. The van der Waals surface area contributed by atoms with Gasteiger partial charge < -0.3 is 14.7 Å². The third-order valence-corrected chi connectivity index (χ3v) is 4.94. The Morgan fingerprint density at radius 3 is 2.92 bits per heavy atom. The summed E-state index contributed by atoms with van der Waals surface area (Å²) in [5.74, 6) is 1.41. The molecule has 1 atom stereocenters. The summed E-state index contributed by atoms with van der Waals surface area (Å²) in [7, 11) is 0. The van der Waals surface area contributed by atoms with Crippen molar-refractivity contribution in [1.82, 2.24) is 15.4 Å². The smallest absolute Gasteiger partial charge is 0.273 e. The second-order valence-corrected chi connectivity index (χ2v) is 7.17. The Labute approximate surface area is 149 Å². The summed E-state index contributed by atoms with van der Waals surface area (Å²) in [6.07, 6.45) is 1.18. The Morgan fingerprint density at radius 2 is 2.20 bits per heavy atom. The lowest BCUT2D eigenvalue weighted by Crippen LogP contribution is -2.34. The topological polar surface area (TPSA) is 58.4 Å². The lowest BCUT2D eigenvalue weighted by molar-refractivity contribution is 0.0940. The van der Waals surface area contributed by atoms with E-state index in [9.17, 15) is 4.79 Å². The van der Waals surface area contributed by atoms with Gasteiger partial charge in [0.2, 0.25) is 0 Å². The second-order valence-electron chi connectivity index (χ2n) is 7.17. The highest BCUT2D eigenvalue weighted by atomic mass is 16.5. The summed E-state index contributed by atoms with van der Waals surface area (Å²) >= 11 is 0. The first kappa shape index (κ1) is 17.7. The van der Waals surface area contributed by atoms with Crippen molar-refractivity contribution in [3.8, 4) is 0 Å². The lowest BCUT2D eigenvalue weighted by Gasteiger charge is -2.17. The van der Waals surface area contributed by atoms with E-state index in [1.54, 1.807) is 6.07 Å². The van der Waals surface area contributed by atoms with Crippen LogP contribution in [0.25, 0.3) is 0 Å². The molecule has 0 aliphatic carbocycles. The van der Waals surface area contributed by atoms with Crippen LogP contribution in [0.5, 0.6) is 0 Å². The molecule has 0 unspecified atom stereocenters. The van der Waals surface area contributed by atoms with Crippen molar-refractivity contribution < 1.29 is 9.32 Å². The van der Waals surface area contributed by atoms with Crippen molar-refractivity contribution in [1.29, 1.82) is 0 Å². The minimum atomic E-state index is -0.162. The van der Waals surface area contributed by atoms with Crippen molar-refractivity contribution in [2.75, 3.05) is 26.2 Å². The molecule has 5 heteroatoms. The van der Waals surface area contributed by atoms with Crippen LogP contribution in [0.4, 0.5) is 0 Å². The molecule has 2 aromatic rings. The number of rotatable bonds is 6. The molecule has 1 aromatic heterocycles. The minimum Gasteiger partial charge on any atom is -0.360 e. The highest BCUT2D eigenvalue weighted by molar-refractivity contribution is 5.92. The number of amides is 1. The van der Waals surface area contributed by atoms with Gasteiger partial charge in [0.05, 0.1) is 0 Å². The maximum absolute atomic E-state index is 12.1. The predicted molar refractivity (Wildman–Crippen MR) is 97.9 cm³/mol. The zero-order chi connectivity index (χ0) is 17.8. The number of carbonyl (C=O) groups excluding carboxylic acids is 1. The van der Waals surface area contributed by atoms with Crippen LogP contribution in [-0.2, 0) is 0 Å². The van der Waals surface area contributed by atoms with Crippen LogP contribution in [0.1, 0.15) is 59.5 Å². The Hall–Kier alpha value is -2.14. The van der Waals surface area contributed by atoms with Crippen molar-refractivity contribution in [2.45, 2.75) is 39.0 Å². The van der Waals surface area contributed by atoms with E-state index in [-0.39, 0.29) is 11.8 Å². The molecule has 0 saturated carbocycles. The molecule has 5 nitrogen and oxygen atoms in total. The number of aromatic nitrogens is 1. The van der Waals surface area contributed by atoms with Crippen LogP contribution in [0.15, 0.2) is 34.9 Å². The van der Waals surface area contributed by atoms with Gasteiger partial charge >= 0.3 is 0 Å². The largest absolute Gasteiger partial charge is 0.360 e. The SMILES string of the molecule is Cc1ccccc1[C@@H]1CCN(CCNC(=O)c2cc(C(C)C)on2)C1. The van der Waals surface area contributed by atoms with Crippen LogP contribution in [0.3, 0.4) is 0 Å². The highest BCUT2D eigenvalue weighted by Gasteiger charge is 2.24. The zero-order valence-corrected chi connectivity index (χ0v) is 15.3. The molecule has 1 saturated heterocycles. The van der Waals surface area contributed by atoms with Crippen LogP contribution >= 0.6 is 0 Å². The number of benzene rings is 1. The summed E-state index contributed by atoms with van der Waals surface area (Å²) in [5.41, 5.74) is 3.19. The fourth-order valence-electron chi connectivity index (χ4n) is 3.42. The van der Waals surface area contributed by atoms with Crippen LogP contribution in [0, 0.1) is 6.92 Å². The Kier molecular flexibility index (Phi) is 5.53. The standard InChI is InChI=1S/C20H27N3O2/c1-14(2)19-12-18(22-25-19)20(24)21-9-11-23-10-8-16(13-23)17-7-5-4-6-15(17)3/h4-7,12,14,16H,8-11,13H2,1-3H3,(H,21,24)/t16-/m1/s1. The van der Waals surface area contributed by atoms with Gasteiger partial charge in [-0.2, -0.15) is 0 Å². The van der Waals surface area contributed by atoms with Gasteiger partial charge in [0, 0.05) is 31.6 Å². The molecule has 134 valence electrons. The summed E-state index contributed by atoms with van der Waals surface area (Å²) in [5, 5.41) is 6.79. The first-order chi connectivity index (χ1) is 12.0. The summed E-state index contributed by atoms with van der Waals surface area (Å²) in [6, 6.07) is 10.4. The average molecular weight is 341 g/mol. The van der Waals surface area contributed by atoms with Gasteiger partial charge in [0.15, 0.2) is 5.69 Å². The fraction of sp³-hybridized carbons (Fsp3) is 0.500. The van der Waals surface area contributed by atoms with Crippen molar-refractivity contribution >= 4 is 5.91 Å². The Morgan fingerprint density at radius 1 is 1.40 bits per heavy atom. The molecular formula is C20H27N3O2. The molecular weight excluding hydrogens is 314 g/mol. The van der Waals surface area contributed by atoms with Gasteiger partial charge in [0.1, 0.15) is 5.76 Å². The third kappa shape index (κ3) is 4.28. The van der Waals surface area contributed by atoms with E-state index in [0.29, 0.717) is 18.2 Å². The van der Waals surface area contributed by atoms with Crippen LogP contribution in [-0.4, -0.2) is 42.1 Å². The molecule has 1 aliphatic rings. The van der Waals surface area contributed by atoms with Crippen molar-refractivity contribution in [3.05, 3.63) is 52.9 Å². The van der Waals surface area contributed by atoms with Crippen LogP contribution in [0.2, 0.25) is 0 Å². The number of nitrogens with zero attached hydrogens (tertiary/aromatic N) is 2. The number of likely N-dealkylation sites (tertiary alicyclic amines) is 1. The predicted octanol–water partition coefficient (Wildman–Crippen LogP) is 3.33. The first-order valence-corrected chi connectivity index (χ1v) is 9.07. The van der Waals surface area contributed by atoms with E-state index in [4.69, 9.17) is 4.52 Å². The molecule has 0 bridgehead atoms. The summed E-state index contributed by atoms with van der Waals surface area (Å²) in [4.78, 5) is 14.5. The molecule has 1 aromatic carbocycles. The van der Waals surface area contributed by atoms with Crippen LogP contribution < -0.4 is 5.32 Å². The minimum absolute atomic E-state index is 0.162. The van der Waals surface area contributed by atoms with E-state index in [1.165, 1.54) is 17.5 Å². The number of nitrogens with one attached hydrogen (secondary N) is 1. The number of hydrogen-bond acceptors (Lipinski definition) is 4. The zero-order valence-electron chi connectivity index (χ0n) is 15.3. The average Bonchev–Trinajstić information content (AvgIpc) is 3.25. The number of aryl methyl sites for hydroxylation is 1. The molecule has 2 heterocycles. The van der Waals surface area contributed by atoms with Gasteiger partial charge in [-0.25, -0.2) is 0 Å². The van der Waals surface area contributed by atoms with Gasteiger partial charge in [0.25, 0.3) is 5.91 Å². The fourth-order valence-corrected chi connectivity index (χ4v) is 3.42. The molecule has 0 spiro atoms. The number of carbonyl (C=O) groups is 1. The van der Waals surface area contributed by atoms with E-state index >= 15 is 0 Å². The molecule has 25 heavy (non-hydrogen) atoms. The van der Waals surface area contributed by atoms with E-state index in [2.05, 4.69) is 46.6 Å². The molecule has 1 fully saturated rings.